The molecule has 1 heterocycles. The van der Waals surface area contributed by atoms with Crippen molar-refractivity contribution in [2.75, 3.05) is 17.6 Å². The molecule has 3 N–H and O–H groups in total. The number of aryl methyl sites for hydroxylation is 1. The third-order valence-electron chi connectivity index (χ3n) is 3.81. The first-order valence-electron chi connectivity index (χ1n) is 6.03. The van der Waals surface area contributed by atoms with Crippen LogP contribution in [0.3, 0.4) is 0 Å². The number of nitrogens with zero attached hydrogens (tertiary/aromatic N) is 2. The summed E-state index contributed by atoms with van der Waals surface area (Å²) in [6.45, 7) is 2.92. The van der Waals surface area contributed by atoms with Gasteiger partial charge in [-0.05, 0) is 43.9 Å². The van der Waals surface area contributed by atoms with Gasteiger partial charge in [0, 0.05) is 12.6 Å². The van der Waals surface area contributed by atoms with Gasteiger partial charge in [-0.2, -0.15) is 0 Å². The van der Waals surface area contributed by atoms with E-state index in [-0.39, 0.29) is 0 Å². The molecule has 3 rings (SSSR count). The molecule has 0 aliphatic heterocycles. The van der Waals surface area contributed by atoms with Crippen LogP contribution in [0.2, 0.25) is 0 Å². The Bertz CT molecular complexity index is 387. The molecule has 0 aromatic carbocycles. The van der Waals surface area contributed by atoms with E-state index in [1.165, 1.54) is 25.7 Å². The second-order valence-corrected chi connectivity index (χ2v) is 5.22. The number of nitrogen functional groups attached to an aromatic ring is 1. The van der Waals surface area contributed by atoms with Crippen molar-refractivity contribution in [3.8, 4) is 0 Å². The van der Waals surface area contributed by atoms with Crippen molar-refractivity contribution in [2.24, 2.45) is 11.3 Å². The van der Waals surface area contributed by atoms with Crippen LogP contribution in [-0.4, -0.2) is 16.5 Å². The maximum absolute atomic E-state index is 5.70. The van der Waals surface area contributed by atoms with Crippen molar-refractivity contribution < 1.29 is 0 Å². The summed E-state index contributed by atoms with van der Waals surface area (Å²) in [5, 5.41) is 3.42. The molecule has 4 heteroatoms. The van der Waals surface area contributed by atoms with Crippen LogP contribution in [0.1, 0.15) is 31.5 Å². The van der Waals surface area contributed by atoms with Gasteiger partial charge in [0.2, 0.25) is 0 Å². The molecule has 16 heavy (non-hydrogen) atoms. The lowest BCUT2D eigenvalue weighted by Gasteiger charge is -2.15. The standard InChI is InChI=1S/C12H18N4/c1-8-15-10(13)6-11(16-8)14-7-12(4-5-12)9-2-3-9/h6,9H,2-5,7H2,1H3,(H3,13,14,15,16). The number of rotatable bonds is 4. The summed E-state index contributed by atoms with van der Waals surface area (Å²) in [6.07, 6.45) is 5.60. The van der Waals surface area contributed by atoms with Gasteiger partial charge in [-0.3, -0.25) is 0 Å². The third-order valence-corrected chi connectivity index (χ3v) is 3.81. The van der Waals surface area contributed by atoms with Gasteiger partial charge >= 0.3 is 0 Å². The smallest absolute Gasteiger partial charge is 0.131 e. The molecule has 0 atom stereocenters. The molecular formula is C12H18N4. The average Bonchev–Trinajstić information content (AvgIpc) is 3.07. The molecule has 2 aliphatic carbocycles. The Balaban J connectivity index is 1.65. The zero-order valence-corrected chi connectivity index (χ0v) is 9.66. The molecule has 0 spiro atoms. The second-order valence-electron chi connectivity index (χ2n) is 5.22. The minimum atomic E-state index is 0.547. The van der Waals surface area contributed by atoms with Gasteiger partial charge in [-0.25, -0.2) is 9.97 Å². The van der Waals surface area contributed by atoms with Gasteiger partial charge in [0.15, 0.2) is 0 Å². The predicted octanol–water partition coefficient (Wildman–Crippen LogP) is 1.97. The highest BCUT2D eigenvalue weighted by Crippen LogP contribution is 2.61. The fourth-order valence-electron chi connectivity index (χ4n) is 2.53. The van der Waals surface area contributed by atoms with E-state index in [2.05, 4.69) is 15.3 Å². The summed E-state index contributed by atoms with van der Waals surface area (Å²) < 4.78 is 0. The number of nitrogens with two attached hydrogens (primary N) is 1. The molecule has 2 saturated carbocycles. The van der Waals surface area contributed by atoms with E-state index < -0.39 is 0 Å². The number of anilines is 2. The summed E-state index contributed by atoms with van der Waals surface area (Å²) >= 11 is 0. The lowest BCUT2D eigenvalue weighted by atomic mass is 10.0. The van der Waals surface area contributed by atoms with Crippen molar-refractivity contribution in [3.63, 3.8) is 0 Å². The lowest BCUT2D eigenvalue weighted by Crippen LogP contribution is -2.18. The molecular weight excluding hydrogens is 200 g/mol. The zero-order valence-electron chi connectivity index (χ0n) is 9.66. The van der Waals surface area contributed by atoms with Crippen LogP contribution < -0.4 is 11.1 Å². The first-order valence-corrected chi connectivity index (χ1v) is 6.03. The molecule has 86 valence electrons. The van der Waals surface area contributed by atoms with E-state index in [4.69, 9.17) is 5.73 Å². The number of hydrogen-bond acceptors (Lipinski definition) is 4. The summed E-state index contributed by atoms with van der Waals surface area (Å²) in [7, 11) is 0. The van der Waals surface area contributed by atoms with Gasteiger partial charge in [-0.1, -0.05) is 0 Å². The molecule has 0 unspecified atom stereocenters. The molecule has 2 aliphatic rings. The molecule has 1 aromatic heterocycles. The molecule has 0 saturated heterocycles. The molecule has 0 bridgehead atoms. The van der Waals surface area contributed by atoms with Crippen LogP contribution in [-0.2, 0) is 0 Å². The van der Waals surface area contributed by atoms with Crippen LogP contribution in [0.4, 0.5) is 11.6 Å². The molecule has 2 fully saturated rings. The molecule has 4 nitrogen and oxygen atoms in total. The molecule has 1 aromatic rings. The van der Waals surface area contributed by atoms with Gasteiger partial charge in [0.25, 0.3) is 0 Å². The lowest BCUT2D eigenvalue weighted by molar-refractivity contribution is 0.466. The quantitative estimate of drug-likeness (QED) is 0.811. The first kappa shape index (κ1) is 9.87. The molecule has 0 radical (unpaired) electrons. The average molecular weight is 218 g/mol. The fraction of sp³-hybridized carbons (Fsp3) is 0.667. The van der Waals surface area contributed by atoms with Crippen LogP contribution >= 0.6 is 0 Å². The zero-order chi connectivity index (χ0) is 11.2. The second kappa shape index (κ2) is 3.34. The monoisotopic (exact) mass is 218 g/mol. The van der Waals surface area contributed by atoms with Crippen LogP contribution in [0.15, 0.2) is 6.07 Å². The minimum Gasteiger partial charge on any atom is -0.384 e. The Morgan fingerprint density at radius 1 is 1.44 bits per heavy atom. The highest BCUT2D eigenvalue weighted by atomic mass is 15.1. The van der Waals surface area contributed by atoms with Crippen molar-refractivity contribution >= 4 is 11.6 Å². The van der Waals surface area contributed by atoms with E-state index in [0.29, 0.717) is 11.2 Å². The topological polar surface area (TPSA) is 63.8 Å². The van der Waals surface area contributed by atoms with Gasteiger partial charge < -0.3 is 11.1 Å². The highest BCUT2D eigenvalue weighted by Gasteiger charge is 2.53. The van der Waals surface area contributed by atoms with Gasteiger partial charge in [0.1, 0.15) is 17.5 Å². The highest BCUT2D eigenvalue weighted by molar-refractivity contribution is 5.44. The Hall–Kier alpha value is -1.32. The van der Waals surface area contributed by atoms with E-state index in [1.54, 1.807) is 0 Å². The van der Waals surface area contributed by atoms with Crippen LogP contribution in [0.5, 0.6) is 0 Å². The van der Waals surface area contributed by atoms with E-state index >= 15 is 0 Å². The number of hydrogen-bond donors (Lipinski definition) is 2. The maximum Gasteiger partial charge on any atom is 0.131 e. The fourth-order valence-corrected chi connectivity index (χ4v) is 2.53. The van der Waals surface area contributed by atoms with E-state index in [0.717, 1.165) is 24.1 Å². The third kappa shape index (κ3) is 1.84. The summed E-state index contributed by atoms with van der Waals surface area (Å²) in [4.78, 5) is 8.41. The summed E-state index contributed by atoms with van der Waals surface area (Å²) in [5.41, 5.74) is 6.29. The van der Waals surface area contributed by atoms with Gasteiger partial charge in [-0.15, -0.1) is 0 Å². The Labute approximate surface area is 95.7 Å². The maximum atomic E-state index is 5.70. The minimum absolute atomic E-state index is 0.547. The normalized spacial score (nSPS) is 21.8. The van der Waals surface area contributed by atoms with Crippen LogP contribution in [0, 0.1) is 18.3 Å². The Morgan fingerprint density at radius 2 is 2.19 bits per heavy atom. The first-order chi connectivity index (χ1) is 7.68. The SMILES string of the molecule is Cc1nc(N)cc(NCC2(C3CC3)CC2)n1. The Kier molecular flexibility index (Phi) is 2.06. The molecule has 0 amide bonds. The van der Waals surface area contributed by atoms with Crippen LogP contribution in [0.25, 0.3) is 0 Å². The van der Waals surface area contributed by atoms with Crippen molar-refractivity contribution in [2.45, 2.75) is 32.6 Å². The number of aromatic nitrogens is 2. The summed E-state index contributed by atoms with van der Waals surface area (Å²) in [5.74, 6) is 3.13. The van der Waals surface area contributed by atoms with E-state index in [1.807, 2.05) is 13.0 Å². The Morgan fingerprint density at radius 3 is 2.75 bits per heavy atom. The van der Waals surface area contributed by atoms with Crippen molar-refractivity contribution in [3.05, 3.63) is 11.9 Å². The van der Waals surface area contributed by atoms with Crippen molar-refractivity contribution in [1.82, 2.24) is 9.97 Å². The van der Waals surface area contributed by atoms with Crippen molar-refractivity contribution in [1.29, 1.82) is 0 Å². The number of nitrogens with one attached hydrogen (secondary N) is 1. The van der Waals surface area contributed by atoms with Gasteiger partial charge in [0.05, 0.1) is 0 Å². The predicted molar refractivity (Wildman–Crippen MR) is 64.1 cm³/mol. The summed E-state index contributed by atoms with van der Waals surface area (Å²) in [6, 6.07) is 1.82. The largest absolute Gasteiger partial charge is 0.384 e. The van der Waals surface area contributed by atoms with E-state index in [9.17, 15) is 0 Å².